The van der Waals surface area contributed by atoms with Gasteiger partial charge in [0.2, 0.25) is 0 Å². The first-order valence-electron chi connectivity index (χ1n) is 9.44. The van der Waals surface area contributed by atoms with Gasteiger partial charge in [-0.1, -0.05) is 6.08 Å². The third-order valence-electron chi connectivity index (χ3n) is 3.41. The van der Waals surface area contributed by atoms with E-state index in [1.54, 1.807) is 6.08 Å². The van der Waals surface area contributed by atoms with E-state index in [1.807, 2.05) is 0 Å². The van der Waals surface area contributed by atoms with Crippen LogP contribution in [0, 0.1) is 0 Å². The van der Waals surface area contributed by atoms with E-state index in [2.05, 4.69) is 6.58 Å². The van der Waals surface area contributed by atoms with Crippen LogP contribution in [-0.2, 0) is 18.9 Å². The molecule has 0 aromatic carbocycles. The minimum atomic E-state index is 0.257. The lowest BCUT2D eigenvalue weighted by Gasteiger charge is -2.06. The monoisotopic (exact) mass is 346 g/mol. The molecule has 0 amide bonds. The molecule has 0 heterocycles. The van der Waals surface area contributed by atoms with Gasteiger partial charge in [-0.05, 0) is 51.4 Å². The Morgan fingerprint density at radius 3 is 1.21 bits per heavy atom. The zero-order valence-corrected chi connectivity index (χ0v) is 15.4. The van der Waals surface area contributed by atoms with Crippen molar-refractivity contribution in [2.75, 3.05) is 59.5 Å². The van der Waals surface area contributed by atoms with Gasteiger partial charge in [-0.25, -0.2) is 0 Å². The molecule has 0 unspecified atom stereocenters. The molecule has 0 aliphatic heterocycles. The van der Waals surface area contributed by atoms with Crippen LogP contribution in [0.15, 0.2) is 12.7 Å². The largest absolute Gasteiger partial charge is 0.396 e. The second kappa shape index (κ2) is 22.5. The Bertz CT molecular complexity index is 236. The summed E-state index contributed by atoms with van der Waals surface area (Å²) in [7, 11) is 0. The molecule has 144 valence electrons. The fourth-order valence-corrected chi connectivity index (χ4v) is 2.01. The Balaban J connectivity index is 2.94. The molecule has 0 atom stereocenters. The molecule has 0 aliphatic carbocycles. The standard InChI is InChI=1S/C19H38O5/c1-2-12-21-14-5-6-16-23-18-9-10-19-24-17-8-7-15-22-13-4-3-11-20/h2,20H,1,3-19H2. The Morgan fingerprint density at radius 2 is 0.875 bits per heavy atom. The second-order valence-corrected chi connectivity index (χ2v) is 5.75. The minimum absolute atomic E-state index is 0.257. The van der Waals surface area contributed by atoms with Crippen molar-refractivity contribution in [2.24, 2.45) is 0 Å². The summed E-state index contributed by atoms with van der Waals surface area (Å²) in [6.07, 6.45) is 9.84. The van der Waals surface area contributed by atoms with Gasteiger partial charge in [0.05, 0.1) is 6.61 Å². The van der Waals surface area contributed by atoms with Crippen molar-refractivity contribution >= 4 is 0 Å². The van der Waals surface area contributed by atoms with Crippen molar-refractivity contribution in [3.63, 3.8) is 0 Å². The van der Waals surface area contributed by atoms with E-state index < -0.39 is 0 Å². The molecular weight excluding hydrogens is 308 g/mol. The van der Waals surface area contributed by atoms with Gasteiger partial charge in [-0.15, -0.1) is 6.58 Å². The maximum absolute atomic E-state index is 8.63. The van der Waals surface area contributed by atoms with Gasteiger partial charge >= 0.3 is 0 Å². The number of aliphatic hydroxyl groups is 1. The Morgan fingerprint density at radius 1 is 0.542 bits per heavy atom. The summed E-state index contributed by atoms with van der Waals surface area (Å²) in [5, 5.41) is 8.63. The molecule has 24 heavy (non-hydrogen) atoms. The number of ether oxygens (including phenoxy) is 4. The van der Waals surface area contributed by atoms with Crippen molar-refractivity contribution in [3.8, 4) is 0 Å². The van der Waals surface area contributed by atoms with Gasteiger partial charge in [0.1, 0.15) is 0 Å². The first-order valence-corrected chi connectivity index (χ1v) is 9.44. The van der Waals surface area contributed by atoms with Gasteiger partial charge in [0.15, 0.2) is 0 Å². The molecule has 0 aromatic rings. The van der Waals surface area contributed by atoms with Gasteiger partial charge < -0.3 is 24.1 Å². The predicted octanol–water partition coefficient (Wildman–Crippen LogP) is 3.35. The third-order valence-corrected chi connectivity index (χ3v) is 3.41. The van der Waals surface area contributed by atoms with Crippen molar-refractivity contribution in [2.45, 2.75) is 51.4 Å². The quantitative estimate of drug-likeness (QED) is 0.255. The molecule has 0 aliphatic rings. The van der Waals surface area contributed by atoms with E-state index in [0.29, 0.717) is 6.61 Å². The lowest BCUT2D eigenvalue weighted by atomic mass is 10.3. The number of hydrogen-bond donors (Lipinski definition) is 1. The summed E-state index contributed by atoms with van der Waals surface area (Å²) in [5.41, 5.74) is 0. The lowest BCUT2D eigenvalue weighted by molar-refractivity contribution is 0.0858. The average molecular weight is 347 g/mol. The first kappa shape index (κ1) is 23.5. The SMILES string of the molecule is C=CCOCCCCOCCCCOCCCCOCCCCO. The molecule has 0 aromatic heterocycles. The highest BCUT2D eigenvalue weighted by Gasteiger charge is 1.94. The summed E-state index contributed by atoms with van der Waals surface area (Å²) in [5.74, 6) is 0. The van der Waals surface area contributed by atoms with E-state index >= 15 is 0 Å². The molecule has 5 heteroatoms. The maximum atomic E-state index is 8.63. The molecule has 0 spiro atoms. The van der Waals surface area contributed by atoms with E-state index in [4.69, 9.17) is 24.1 Å². The molecule has 0 bridgehead atoms. The van der Waals surface area contributed by atoms with Gasteiger partial charge in [0.25, 0.3) is 0 Å². The first-order chi connectivity index (χ1) is 11.9. The van der Waals surface area contributed by atoms with E-state index in [0.717, 1.165) is 97.6 Å². The Kier molecular flexibility index (Phi) is 22.1. The van der Waals surface area contributed by atoms with Gasteiger partial charge in [-0.2, -0.15) is 0 Å². The molecular formula is C19H38O5. The normalized spacial score (nSPS) is 11.0. The van der Waals surface area contributed by atoms with Crippen LogP contribution >= 0.6 is 0 Å². The maximum Gasteiger partial charge on any atom is 0.0644 e. The summed E-state index contributed by atoms with van der Waals surface area (Å²) in [4.78, 5) is 0. The molecule has 0 rings (SSSR count). The zero-order valence-electron chi connectivity index (χ0n) is 15.4. The average Bonchev–Trinajstić information content (AvgIpc) is 2.60. The molecule has 0 fully saturated rings. The molecule has 0 saturated heterocycles. The third kappa shape index (κ3) is 21.5. The highest BCUT2D eigenvalue weighted by Crippen LogP contribution is 1.98. The van der Waals surface area contributed by atoms with Crippen LogP contribution in [0.5, 0.6) is 0 Å². The van der Waals surface area contributed by atoms with Crippen molar-refractivity contribution in [1.82, 2.24) is 0 Å². The smallest absolute Gasteiger partial charge is 0.0644 e. The highest BCUT2D eigenvalue weighted by molar-refractivity contribution is 4.63. The number of unbranched alkanes of at least 4 members (excludes halogenated alkanes) is 4. The molecule has 1 N–H and O–H groups in total. The molecule has 0 radical (unpaired) electrons. The van der Waals surface area contributed by atoms with Crippen LogP contribution in [0.4, 0.5) is 0 Å². The summed E-state index contributed by atoms with van der Waals surface area (Å²) >= 11 is 0. The predicted molar refractivity (Wildman–Crippen MR) is 97.5 cm³/mol. The zero-order chi connectivity index (χ0) is 17.6. The van der Waals surface area contributed by atoms with Crippen LogP contribution < -0.4 is 0 Å². The Hall–Kier alpha value is -0.460. The minimum Gasteiger partial charge on any atom is -0.396 e. The van der Waals surface area contributed by atoms with Crippen LogP contribution in [0.2, 0.25) is 0 Å². The fourth-order valence-electron chi connectivity index (χ4n) is 2.01. The van der Waals surface area contributed by atoms with Crippen molar-refractivity contribution in [1.29, 1.82) is 0 Å². The number of rotatable bonds is 21. The fraction of sp³-hybridized carbons (Fsp3) is 0.895. The van der Waals surface area contributed by atoms with E-state index in [-0.39, 0.29) is 6.61 Å². The molecule has 0 saturated carbocycles. The number of aliphatic hydroxyl groups excluding tert-OH is 1. The van der Waals surface area contributed by atoms with Gasteiger partial charge in [0, 0.05) is 52.9 Å². The van der Waals surface area contributed by atoms with Gasteiger partial charge in [-0.3, -0.25) is 0 Å². The van der Waals surface area contributed by atoms with Crippen LogP contribution in [0.1, 0.15) is 51.4 Å². The summed E-state index contributed by atoms with van der Waals surface area (Å²) < 4.78 is 21.9. The summed E-state index contributed by atoms with van der Waals surface area (Å²) in [6.45, 7) is 10.1. The molecule has 5 nitrogen and oxygen atoms in total. The topological polar surface area (TPSA) is 57.2 Å². The Labute approximate surface area is 148 Å². The number of hydrogen-bond acceptors (Lipinski definition) is 5. The van der Waals surface area contributed by atoms with E-state index in [1.165, 1.54) is 0 Å². The van der Waals surface area contributed by atoms with Crippen LogP contribution in [-0.4, -0.2) is 64.6 Å². The van der Waals surface area contributed by atoms with Crippen LogP contribution in [0.3, 0.4) is 0 Å². The van der Waals surface area contributed by atoms with Crippen LogP contribution in [0.25, 0.3) is 0 Å². The van der Waals surface area contributed by atoms with Crippen molar-refractivity contribution < 1.29 is 24.1 Å². The summed E-state index contributed by atoms with van der Waals surface area (Å²) in [6, 6.07) is 0. The highest BCUT2D eigenvalue weighted by atomic mass is 16.5. The van der Waals surface area contributed by atoms with Crippen molar-refractivity contribution in [3.05, 3.63) is 12.7 Å². The second-order valence-electron chi connectivity index (χ2n) is 5.75. The lowest BCUT2D eigenvalue weighted by Crippen LogP contribution is -2.03. The van der Waals surface area contributed by atoms with E-state index in [9.17, 15) is 0 Å².